The zero-order valence-corrected chi connectivity index (χ0v) is 11.5. The Labute approximate surface area is 111 Å². The normalized spacial score (nSPS) is 11.1. The summed E-state index contributed by atoms with van der Waals surface area (Å²) in [4.78, 5) is 13.8. The Morgan fingerprint density at radius 2 is 1.94 bits per heavy atom. The molecule has 18 heavy (non-hydrogen) atoms. The highest BCUT2D eigenvalue weighted by atomic mass is 32.1. The van der Waals surface area contributed by atoms with Crippen LogP contribution < -0.4 is 10.2 Å². The molecule has 2 N–H and O–H groups in total. The van der Waals surface area contributed by atoms with Crippen LogP contribution in [0.3, 0.4) is 0 Å². The third-order valence-electron chi connectivity index (χ3n) is 2.86. The van der Waals surface area contributed by atoms with Crippen molar-refractivity contribution in [3.05, 3.63) is 56.1 Å². The zero-order valence-electron chi connectivity index (χ0n) is 10.7. The number of aromatic nitrogens is 1. The number of nitrogens with one attached hydrogen (secondary N) is 2. The van der Waals surface area contributed by atoms with Crippen LogP contribution in [0.2, 0.25) is 0 Å². The number of hydrogen-bond acceptors (Lipinski definition) is 3. The summed E-state index contributed by atoms with van der Waals surface area (Å²) in [7, 11) is 0. The van der Waals surface area contributed by atoms with E-state index in [9.17, 15) is 4.79 Å². The van der Waals surface area contributed by atoms with Crippen LogP contribution in [-0.4, -0.2) is 4.98 Å². The predicted molar refractivity (Wildman–Crippen MR) is 76.0 cm³/mol. The first-order valence-electron chi connectivity index (χ1n) is 6.11. The van der Waals surface area contributed by atoms with Gasteiger partial charge in [-0.2, -0.15) is 0 Å². The number of thiazole rings is 1. The Morgan fingerprint density at radius 1 is 1.22 bits per heavy atom. The number of H-pyrrole nitrogens is 1. The van der Waals surface area contributed by atoms with E-state index in [1.807, 2.05) is 5.38 Å². The second-order valence-corrected chi connectivity index (χ2v) is 5.52. The minimum absolute atomic E-state index is 0.00749. The van der Waals surface area contributed by atoms with Crippen molar-refractivity contribution in [2.45, 2.75) is 32.9 Å². The van der Waals surface area contributed by atoms with Gasteiger partial charge >= 0.3 is 4.87 Å². The maximum Gasteiger partial charge on any atom is 0.304 e. The number of rotatable bonds is 5. The van der Waals surface area contributed by atoms with Gasteiger partial charge in [0.25, 0.3) is 0 Å². The minimum atomic E-state index is 0.00749. The van der Waals surface area contributed by atoms with E-state index >= 15 is 0 Å². The van der Waals surface area contributed by atoms with Crippen LogP contribution in [-0.2, 0) is 13.1 Å². The average molecular weight is 262 g/mol. The predicted octanol–water partition coefficient (Wildman–Crippen LogP) is 2.85. The smallest absolute Gasteiger partial charge is 0.304 e. The molecular weight excluding hydrogens is 244 g/mol. The first-order chi connectivity index (χ1) is 8.65. The van der Waals surface area contributed by atoms with E-state index in [2.05, 4.69) is 48.4 Å². The molecule has 0 aliphatic heterocycles. The summed E-state index contributed by atoms with van der Waals surface area (Å²) in [6.07, 6.45) is 0. The van der Waals surface area contributed by atoms with E-state index < -0.39 is 0 Å². The fourth-order valence-corrected chi connectivity index (χ4v) is 2.34. The van der Waals surface area contributed by atoms with Gasteiger partial charge in [-0.1, -0.05) is 49.4 Å². The van der Waals surface area contributed by atoms with Gasteiger partial charge in [0.1, 0.15) is 0 Å². The molecule has 0 unspecified atom stereocenters. The quantitative estimate of drug-likeness (QED) is 0.870. The van der Waals surface area contributed by atoms with Gasteiger partial charge in [0, 0.05) is 24.2 Å². The minimum Gasteiger partial charge on any atom is -0.315 e. The third kappa shape index (κ3) is 3.55. The second-order valence-electron chi connectivity index (χ2n) is 4.67. The number of aromatic amines is 1. The lowest BCUT2D eigenvalue weighted by atomic mass is 10.0. The van der Waals surface area contributed by atoms with Crippen LogP contribution >= 0.6 is 11.3 Å². The van der Waals surface area contributed by atoms with Crippen molar-refractivity contribution in [2.75, 3.05) is 0 Å². The van der Waals surface area contributed by atoms with Crippen LogP contribution in [0.5, 0.6) is 0 Å². The van der Waals surface area contributed by atoms with Gasteiger partial charge in [0.15, 0.2) is 0 Å². The lowest BCUT2D eigenvalue weighted by molar-refractivity contribution is 0.681. The molecule has 4 heteroatoms. The molecule has 96 valence electrons. The maximum atomic E-state index is 11.0. The molecule has 0 atom stereocenters. The van der Waals surface area contributed by atoms with Gasteiger partial charge in [0.2, 0.25) is 0 Å². The van der Waals surface area contributed by atoms with E-state index in [-0.39, 0.29) is 4.87 Å². The Bertz CT molecular complexity index is 539. The van der Waals surface area contributed by atoms with Crippen LogP contribution in [0.4, 0.5) is 0 Å². The highest BCUT2D eigenvalue weighted by Gasteiger charge is 1.99. The van der Waals surface area contributed by atoms with E-state index in [1.165, 1.54) is 22.5 Å². The zero-order chi connectivity index (χ0) is 13.0. The lowest BCUT2D eigenvalue weighted by Gasteiger charge is -2.07. The molecule has 0 fully saturated rings. The topological polar surface area (TPSA) is 44.9 Å². The fraction of sp³-hybridized carbons (Fsp3) is 0.357. The molecule has 1 aromatic carbocycles. The van der Waals surface area contributed by atoms with Gasteiger partial charge in [-0.25, -0.2) is 0 Å². The molecule has 0 radical (unpaired) electrons. The SMILES string of the molecule is CC(C)c1ccc(CNCc2csc(=O)[nH]2)cc1. The van der Waals surface area contributed by atoms with E-state index in [1.54, 1.807) is 0 Å². The first-order valence-corrected chi connectivity index (χ1v) is 6.99. The van der Waals surface area contributed by atoms with Crippen molar-refractivity contribution >= 4 is 11.3 Å². The van der Waals surface area contributed by atoms with Gasteiger partial charge < -0.3 is 10.3 Å². The highest BCUT2D eigenvalue weighted by molar-refractivity contribution is 7.07. The molecule has 0 aliphatic carbocycles. The molecule has 2 aromatic rings. The molecule has 0 spiro atoms. The Hall–Kier alpha value is -1.39. The number of hydrogen-bond donors (Lipinski definition) is 2. The summed E-state index contributed by atoms with van der Waals surface area (Å²) in [5.41, 5.74) is 3.57. The van der Waals surface area contributed by atoms with Gasteiger partial charge in [-0.05, 0) is 17.0 Å². The van der Waals surface area contributed by atoms with Gasteiger partial charge in [-0.15, -0.1) is 0 Å². The lowest BCUT2D eigenvalue weighted by Crippen LogP contribution is -2.13. The Morgan fingerprint density at radius 3 is 2.50 bits per heavy atom. The van der Waals surface area contributed by atoms with Crippen LogP contribution in [0, 0.1) is 0 Å². The molecule has 0 aliphatic rings. The van der Waals surface area contributed by atoms with E-state index in [0.717, 1.165) is 12.2 Å². The highest BCUT2D eigenvalue weighted by Crippen LogP contribution is 2.14. The van der Waals surface area contributed by atoms with Crippen molar-refractivity contribution in [1.29, 1.82) is 0 Å². The molecule has 1 heterocycles. The molecule has 0 saturated heterocycles. The average Bonchev–Trinajstić information content (AvgIpc) is 2.76. The molecule has 0 bridgehead atoms. The molecule has 0 amide bonds. The summed E-state index contributed by atoms with van der Waals surface area (Å²) in [5.74, 6) is 0.572. The summed E-state index contributed by atoms with van der Waals surface area (Å²) >= 11 is 1.20. The Kier molecular flexibility index (Phi) is 4.33. The fourth-order valence-electron chi connectivity index (χ4n) is 1.76. The molecule has 3 nitrogen and oxygen atoms in total. The summed E-state index contributed by atoms with van der Waals surface area (Å²) in [6.45, 7) is 5.90. The monoisotopic (exact) mass is 262 g/mol. The molecule has 1 aromatic heterocycles. The van der Waals surface area contributed by atoms with E-state index in [0.29, 0.717) is 12.5 Å². The first kappa shape index (κ1) is 13.1. The summed E-state index contributed by atoms with van der Waals surface area (Å²) in [6, 6.07) is 8.65. The molecule has 0 saturated carbocycles. The van der Waals surface area contributed by atoms with Crippen molar-refractivity contribution in [3.63, 3.8) is 0 Å². The number of benzene rings is 1. The van der Waals surface area contributed by atoms with Crippen molar-refractivity contribution in [1.82, 2.24) is 10.3 Å². The third-order valence-corrected chi connectivity index (χ3v) is 3.58. The van der Waals surface area contributed by atoms with Crippen LogP contribution in [0.1, 0.15) is 36.6 Å². The molecule has 2 rings (SSSR count). The van der Waals surface area contributed by atoms with Crippen molar-refractivity contribution in [2.24, 2.45) is 0 Å². The largest absolute Gasteiger partial charge is 0.315 e. The standard InChI is InChI=1S/C14H18N2OS/c1-10(2)12-5-3-11(4-6-12)7-15-8-13-9-18-14(17)16-13/h3-6,9-10,15H,7-8H2,1-2H3,(H,16,17). The van der Waals surface area contributed by atoms with Gasteiger partial charge in [-0.3, -0.25) is 4.79 Å². The van der Waals surface area contributed by atoms with Crippen LogP contribution in [0.15, 0.2) is 34.4 Å². The maximum absolute atomic E-state index is 11.0. The van der Waals surface area contributed by atoms with Crippen molar-refractivity contribution < 1.29 is 0 Å². The van der Waals surface area contributed by atoms with Crippen molar-refractivity contribution in [3.8, 4) is 0 Å². The second kappa shape index (κ2) is 5.98. The van der Waals surface area contributed by atoms with E-state index in [4.69, 9.17) is 0 Å². The summed E-state index contributed by atoms with van der Waals surface area (Å²) < 4.78 is 0. The van der Waals surface area contributed by atoms with Gasteiger partial charge in [0.05, 0.1) is 0 Å². The molecular formula is C14H18N2OS. The Balaban J connectivity index is 1.85. The van der Waals surface area contributed by atoms with Crippen LogP contribution in [0.25, 0.3) is 0 Å². The summed E-state index contributed by atoms with van der Waals surface area (Å²) in [5, 5.41) is 5.17.